The van der Waals surface area contributed by atoms with Crippen LogP contribution in [0.1, 0.15) is 11.1 Å². The summed E-state index contributed by atoms with van der Waals surface area (Å²) >= 11 is 0. The first-order valence-electron chi connectivity index (χ1n) is 9.82. The molecule has 3 amide bonds. The third-order valence-corrected chi connectivity index (χ3v) is 4.60. The Balaban J connectivity index is 1.53. The third kappa shape index (κ3) is 6.38. The number of carbonyl (C=O) groups excluding carboxylic acids is 3. The molecule has 31 heavy (non-hydrogen) atoms. The van der Waals surface area contributed by atoms with Gasteiger partial charge in [-0.05, 0) is 30.7 Å². The summed E-state index contributed by atoms with van der Waals surface area (Å²) in [5, 5.41) is 6.36. The Morgan fingerprint density at radius 1 is 1.06 bits per heavy atom. The molecule has 9 heteroatoms. The van der Waals surface area contributed by atoms with Gasteiger partial charge in [0.2, 0.25) is 0 Å². The van der Waals surface area contributed by atoms with Crippen molar-refractivity contribution < 1.29 is 23.9 Å². The van der Waals surface area contributed by atoms with Gasteiger partial charge in [-0.3, -0.25) is 14.4 Å². The molecule has 2 N–H and O–H groups in total. The van der Waals surface area contributed by atoms with Gasteiger partial charge in [0.25, 0.3) is 5.91 Å². The molecule has 0 bridgehead atoms. The molecule has 1 fully saturated rings. The molecule has 0 aromatic heterocycles. The van der Waals surface area contributed by atoms with E-state index in [4.69, 9.17) is 9.47 Å². The molecule has 1 aliphatic heterocycles. The maximum atomic E-state index is 12.2. The number of carbonyl (C=O) groups is 3. The summed E-state index contributed by atoms with van der Waals surface area (Å²) < 4.78 is 10.9. The molecule has 1 aliphatic rings. The van der Waals surface area contributed by atoms with Crippen LogP contribution in [0.15, 0.2) is 53.6 Å². The number of nitrogens with zero attached hydrogens (tertiary/aromatic N) is 2. The minimum atomic E-state index is -0.902. The summed E-state index contributed by atoms with van der Waals surface area (Å²) in [5.41, 5.74) is 4.13. The fraction of sp³-hybridized carbons (Fsp3) is 0.273. The second kappa shape index (κ2) is 10.9. The highest BCUT2D eigenvalue weighted by molar-refractivity contribution is 6.39. The standard InChI is InChI=1S/C22H24N4O5/c1-16-6-2-4-8-18(16)24-21(28)22(29)25-23-14-17-7-3-5-9-19(17)31-15-20(27)26-10-12-30-13-11-26/h2-9,14H,10-13,15H2,1H3,(H,24,28)(H,25,29)/b23-14-. The zero-order chi connectivity index (χ0) is 22.1. The number of benzene rings is 2. The zero-order valence-electron chi connectivity index (χ0n) is 17.2. The SMILES string of the molecule is Cc1ccccc1NC(=O)C(=O)N/N=C\c1ccccc1OCC(=O)N1CCOCC1. The van der Waals surface area contributed by atoms with E-state index in [0.717, 1.165) is 5.56 Å². The van der Waals surface area contributed by atoms with E-state index in [1.807, 2.05) is 19.1 Å². The van der Waals surface area contributed by atoms with E-state index in [0.29, 0.717) is 43.3 Å². The predicted octanol–water partition coefficient (Wildman–Crippen LogP) is 1.32. The number of hydrazone groups is 1. The number of ether oxygens (including phenoxy) is 2. The zero-order valence-corrected chi connectivity index (χ0v) is 17.2. The average Bonchev–Trinajstić information content (AvgIpc) is 2.80. The maximum absolute atomic E-state index is 12.2. The summed E-state index contributed by atoms with van der Waals surface area (Å²) in [6, 6.07) is 14.1. The minimum absolute atomic E-state index is 0.115. The summed E-state index contributed by atoms with van der Waals surface area (Å²) in [5.74, 6) is -1.42. The number of amides is 3. The van der Waals surface area contributed by atoms with Gasteiger partial charge in [-0.1, -0.05) is 30.3 Å². The Kier molecular flexibility index (Phi) is 7.72. The van der Waals surface area contributed by atoms with Crippen LogP contribution in [0.3, 0.4) is 0 Å². The molecular formula is C22H24N4O5. The Morgan fingerprint density at radius 3 is 2.55 bits per heavy atom. The normalized spacial score (nSPS) is 13.6. The highest BCUT2D eigenvalue weighted by Crippen LogP contribution is 2.16. The van der Waals surface area contributed by atoms with Crippen molar-refractivity contribution in [2.24, 2.45) is 5.10 Å². The van der Waals surface area contributed by atoms with Gasteiger partial charge >= 0.3 is 11.8 Å². The highest BCUT2D eigenvalue weighted by atomic mass is 16.5. The van der Waals surface area contributed by atoms with Crippen molar-refractivity contribution in [3.63, 3.8) is 0 Å². The number of para-hydroxylation sites is 2. The smallest absolute Gasteiger partial charge is 0.329 e. The molecule has 0 unspecified atom stereocenters. The molecule has 0 saturated carbocycles. The second-order valence-corrected chi connectivity index (χ2v) is 6.79. The molecule has 3 rings (SSSR count). The number of aryl methyl sites for hydroxylation is 1. The molecule has 0 atom stereocenters. The number of hydrogen-bond acceptors (Lipinski definition) is 6. The maximum Gasteiger partial charge on any atom is 0.329 e. The number of hydrogen-bond donors (Lipinski definition) is 2. The molecule has 1 heterocycles. The molecule has 0 spiro atoms. The van der Waals surface area contributed by atoms with Crippen molar-refractivity contribution in [2.45, 2.75) is 6.92 Å². The van der Waals surface area contributed by atoms with Gasteiger partial charge in [0.15, 0.2) is 6.61 Å². The van der Waals surface area contributed by atoms with Crippen molar-refractivity contribution in [1.82, 2.24) is 10.3 Å². The monoisotopic (exact) mass is 424 g/mol. The van der Waals surface area contributed by atoms with Crippen LogP contribution in [0, 0.1) is 6.92 Å². The topological polar surface area (TPSA) is 109 Å². The fourth-order valence-corrected chi connectivity index (χ4v) is 2.87. The molecule has 2 aromatic carbocycles. The van der Waals surface area contributed by atoms with Gasteiger partial charge in [-0.2, -0.15) is 5.10 Å². The summed E-state index contributed by atoms with van der Waals surface area (Å²) in [7, 11) is 0. The quantitative estimate of drug-likeness (QED) is 0.413. The van der Waals surface area contributed by atoms with Crippen LogP contribution in [0.25, 0.3) is 0 Å². The number of nitrogens with one attached hydrogen (secondary N) is 2. The van der Waals surface area contributed by atoms with Gasteiger partial charge in [0.1, 0.15) is 5.75 Å². The van der Waals surface area contributed by atoms with Crippen LogP contribution in [0.4, 0.5) is 5.69 Å². The number of rotatable bonds is 6. The van der Waals surface area contributed by atoms with Crippen molar-refractivity contribution in [2.75, 3.05) is 38.2 Å². The van der Waals surface area contributed by atoms with E-state index in [1.165, 1.54) is 6.21 Å². The second-order valence-electron chi connectivity index (χ2n) is 6.79. The lowest BCUT2D eigenvalue weighted by atomic mass is 10.2. The Morgan fingerprint density at radius 2 is 1.77 bits per heavy atom. The van der Waals surface area contributed by atoms with Crippen LogP contribution < -0.4 is 15.5 Å². The van der Waals surface area contributed by atoms with Crippen LogP contribution in [0.5, 0.6) is 5.75 Å². The van der Waals surface area contributed by atoms with Gasteiger partial charge in [0, 0.05) is 24.3 Å². The van der Waals surface area contributed by atoms with Crippen molar-refractivity contribution in [3.05, 3.63) is 59.7 Å². The summed E-state index contributed by atoms with van der Waals surface area (Å²) in [4.78, 5) is 38.0. The molecule has 162 valence electrons. The van der Waals surface area contributed by atoms with Gasteiger partial charge in [0.05, 0.1) is 19.4 Å². The van der Waals surface area contributed by atoms with E-state index in [2.05, 4.69) is 15.8 Å². The number of anilines is 1. The van der Waals surface area contributed by atoms with Crippen molar-refractivity contribution in [1.29, 1.82) is 0 Å². The Bertz CT molecular complexity index is 970. The third-order valence-electron chi connectivity index (χ3n) is 4.60. The number of morpholine rings is 1. The molecular weight excluding hydrogens is 400 g/mol. The van der Waals surface area contributed by atoms with E-state index in [1.54, 1.807) is 41.3 Å². The lowest BCUT2D eigenvalue weighted by Gasteiger charge is -2.26. The molecule has 2 aromatic rings. The lowest BCUT2D eigenvalue weighted by molar-refractivity contribution is -0.137. The average molecular weight is 424 g/mol. The van der Waals surface area contributed by atoms with Crippen LogP contribution in [0.2, 0.25) is 0 Å². The van der Waals surface area contributed by atoms with Crippen molar-refractivity contribution in [3.8, 4) is 5.75 Å². The van der Waals surface area contributed by atoms with Crippen LogP contribution >= 0.6 is 0 Å². The molecule has 1 saturated heterocycles. The minimum Gasteiger partial charge on any atom is -0.483 e. The first kappa shape index (κ1) is 22.0. The Labute approximate surface area is 180 Å². The van der Waals surface area contributed by atoms with Crippen LogP contribution in [-0.2, 0) is 19.1 Å². The first-order chi connectivity index (χ1) is 15.0. The largest absolute Gasteiger partial charge is 0.483 e. The molecule has 9 nitrogen and oxygen atoms in total. The van der Waals surface area contributed by atoms with Gasteiger partial charge in [-0.15, -0.1) is 0 Å². The van der Waals surface area contributed by atoms with E-state index in [9.17, 15) is 14.4 Å². The lowest BCUT2D eigenvalue weighted by Crippen LogP contribution is -2.43. The van der Waals surface area contributed by atoms with E-state index in [-0.39, 0.29) is 12.5 Å². The van der Waals surface area contributed by atoms with Crippen LogP contribution in [-0.4, -0.2) is 61.7 Å². The Hall–Kier alpha value is -3.72. The van der Waals surface area contributed by atoms with E-state index < -0.39 is 11.8 Å². The molecule has 0 radical (unpaired) electrons. The highest BCUT2D eigenvalue weighted by Gasteiger charge is 2.18. The van der Waals surface area contributed by atoms with Gasteiger partial charge in [-0.25, -0.2) is 5.43 Å². The summed E-state index contributed by atoms with van der Waals surface area (Å²) in [6.07, 6.45) is 1.35. The van der Waals surface area contributed by atoms with Crippen molar-refractivity contribution >= 4 is 29.6 Å². The fourth-order valence-electron chi connectivity index (χ4n) is 2.87. The predicted molar refractivity (Wildman–Crippen MR) is 115 cm³/mol. The first-order valence-corrected chi connectivity index (χ1v) is 9.82. The van der Waals surface area contributed by atoms with E-state index >= 15 is 0 Å². The molecule has 0 aliphatic carbocycles. The summed E-state index contributed by atoms with van der Waals surface area (Å²) in [6.45, 7) is 3.84. The van der Waals surface area contributed by atoms with Gasteiger partial charge < -0.3 is 19.7 Å².